The van der Waals surface area contributed by atoms with Crippen LogP contribution >= 0.6 is 0 Å². The standard InChI is InChI=1S/C17H18FN3O/c18-16-6-2-1-5-15(16)17(22)21-10-8-20(9-11-21)13-14-4-3-7-19-12-14/h1-7,12H,8-11,13H2. The number of piperazine rings is 1. The molecular weight excluding hydrogens is 281 g/mol. The molecule has 4 nitrogen and oxygen atoms in total. The summed E-state index contributed by atoms with van der Waals surface area (Å²) in [7, 11) is 0. The highest BCUT2D eigenvalue weighted by Gasteiger charge is 2.23. The number of benzene rings is 1. The van der Waals surface area contributed by atoms with Crippen LogP contribution in [0.2, 0.25) is 0 Å². The van der Waals surface area contributed by atoms with Crippen LogP contribution in [0.1, 0.15) is 15.9 Å². The van der Waals surface area contributed by atoms with Gasteiger partial charge in [-0.25, -0.2) is 4.39 Å². The first-order valence-electron chi connectivity index (χ1n) is 7.39. The normalized spacial score (nSPS) is 15.8. The van der Waals surface area contributed by atoms with E-state index in [1.807, 2.05) is 18.3 Å². The lowest BCUT2D eigenvalue weighted by atomic mass is 10.1. The zero-order chi connectivity index (χ0) is 15.4. The summed E-state index contributed by atoms with van der Waals surface area (Å²) in [6.07, 6.45) is 3.62. The van der Waals surface area contributed by atoms with E-state index in [0.717, 1.165) is 25.2 Å². The van der Waals surface area contributed by atoms with E-state index in [2.05, 4.69) is 9.88 Å². The lowest BCUT2D eigenvalue weighted by Gasteiger charge is -2.34. The highest BCUT2D eigenvalue weighted by molar-refractivity contribution is 5.94. The van der Waals surface area contributed by atoms with Gasteiger partial charge in [0.1, 0.15) is 5.82 Å². The van der Waals surface area contributed by atoms with Crippen molar-refractivity contribution in [1.82, 2.24) is 14.8 Å². The summed E-state index contributed by atoms with van der Waals surface area (Å²) >= 11 is 0. The average molecular weight is 299 g/mol. The van der Waals surface area contributed by atoms with Gasteiger partial charge in [0.25, 0.3) is 5.91 Å². The number of rotatable bonds is 3. The van der Waals surface area contributed by atoms with Crippen molar-refractivity contribution in [2.24, 2.45) is 0 Å². The Labute approximate surface area is 129 Å². The van der Waals surface area contributed by atoms with Crippen LogP contribution in [-0.2, 0) is 6.54 Å². The zero-order valence-corrected chi connectivity index (χ0v) is 12.3. The van der Waals surface area contributed by atoms with Crippen LogP contribution in [0.5, 0.6) is 0 Å². The van der Waals surface area contributed by atoms with Crippen LogP contribution < -0.4 is 0 Å². The van der Waals surface area contributed by atoms with Gasteiger partial charge >= 0.3 is 0 Å². The second-order valence-corrected chi connectivity index (χ2v) is 5.41. The van der Waals surface area contributed by atoms with Gasteiger partial charge in [-0.15, -0.1) is 0 Å². The molecule has 0 radical (unpaired) electrons. The molecule has 114 valence electrons. The molecule has 0 N–H and O–H groups in total. The second kappa shape index (κ2) is 6.66. The Bertz CT molecular complexity index is 639. The third-order valence-corrected chi connectivity index (χ3v) is 3.89. The number of hydrogen-bond donors (Lipinski definition) is 0. The predicted molar refractivity (Wildman–Crippen MR) is 81.8 cm³/mol. The topological polar surface area (TPSA) is 36.4 Å². The Hall–Kier alpha value is -2.27. The van der Waals surface area contributed by atoms with Crippen LogP contribution in [0, 0.1) is 5.82 Å². The van der Waals surface area contributed by atoms with Crippen molar-refractivity contribution >= 4 is 5.91 Å². The van der Waals surface area contributed by atoms with Crippen LogP contribution in [-0.4, -0.2) is 46.9 Å². The maximum Gasteiger partial charge on any atom is 0.256 e. The minimum Gasteiger partial charge on any atom is -0.336 e. The molecule has 2 heterocycles. The van der Waals surface area contributed by atoms with E-state index >= 15 is 0 Å². The molecule has 1 saturated heterocycles. The minimum atomic E-state index is -0.453. The molecule has 1 aliphatic rings. The van der Waals surface area contributed by atoms with Gasteiger partial charge in [-0.05, 0) is 23.8 Å². The number of carbonyl (C=O) groups is 1. The van der Waals surface area contributed by atoms with Crippen LogP contribution in [0.25, 0.3) is 0 Å². The van der Waals surface area contributed by atoms with Gasteiger partial charge < -0.3 is 4.90 Å². The van der Waals surface area contributed by atoms with E-state index in [1.165, 1.54) is 6.07 Å². The Morgan fingerprint density at radius 1 is 1.09 bits per heavy atom. The fraction of sp³-hybridized carbons (Fsp3) is 0.294. The first-order valence-corrected chi connectivity index (χ1v) is 7.39. The van der Waals surface area contributed by atoms with Gasteiger partial charge in [-0.1, -0.05) is 18.2 Å². The molecule has 1 fully saturated rings. The number of aromatic nitrogens is 1. The maximum absolute atomic E-state index is 13.7. The number of amides is 1. The Balaban J connectivity index is 1.58. The Kier molecular flexibility index (Phi) is 4.44. The molecule has 2 aromatic rings. The van der Waals surface area contributed by atoms with E-state index in [4.69, 9.17) is 0 Å². The van der Waals surface area contributed by atoms with Crippen molar-refractivity contribution in [3.63, 3.8) is 0 Å². The Morgan fingerprint density at radius 2 is 1.86 bits per heavy atom. The van der Waals surface area contributed by atoms with Crippen LogP contribution in [0.3, 0.4) is 0 Å². The summed E-state index contributed by atoms with van der Waals surface area (Å²) in [6.45, 7) is 3.64. The van der Waals surface area contributed by atoms with E-state index < -0.39 is 5.82 Å². The molecule has 1 aliphatic heterocycles. The van der Waals surface area contributed by atoms with Crippen molar-refractivity contribution in [2.75, 3.05) is 26.2 Å². The van der Waals surface area contributed by atoms with Crippen molar-refractivity contribution in [3.8, 4) is 0 Å². The number of pyridine rings is 1. The lowest BCUT2D eigenvalue weighted by Crippen LogP contribution is -2.48. The monoisotopic (exact) mass is 299 g/mol. The van der Waals surface area contributed by atoms with Gasteiger partial charge in [0, 0.05) is 45.1 Å². The second-order valence-electron chi connectivity index (χ2n) is 5.41. The van der Waals surface area contributed by atoms with E-state index in [1.54, 1.807) is 29.3 Å². The quantitative estimate of drug-likeness (QED) is 0.871. The van der Waals surface area contributed by atoms with Gasteiger partial charge in [0.15, 0.2) is 0 Å². The summed E-state index contributed by atoms with van der Waals surface area (Å²) < 4.78 is 13.7. The van der Waals surface area contributed by atoms with E-state index in [-0.39, 0.29) is 11.5 Å². The summed E-state index contributed by atoms with van der Waals surface area (Å²) in [4.78, 5) is 20.5. The minimum absolute atomic E-state index is 0.156. The molecule has 1 aromatic carbocycles. The Morgan fingerprint density at radius 3 is 2.55 bits per heavy atom. The van der Waals surface area contributed by atoms with Crippen molar-refractivity contribution in [1.29, 1.82) is 0 Å². The van der Waals surface area contributed by atoms with Gasteiger partial charge in [-0.2, -0.15) is 0 Å². The zero-order valence-electron chi connectivity index (χ0n) is 12.3. The van der Waals surface area contributed by atoms with Crippen LogP contribution in [0.4, 0.5) is 4.39 Å². The predicted octanol–water partition coefficient (Wildman–Crippen LogP) is 2.18. The molecule has 0 unspecified atom stereocenters. The lowest BCUT2D eigenvalue weighted by molar-refractivity contribution is 0.0624. The van der Waals surface area contributed by atoms with E-state index in [0.29, 0.717) is 13.1 Å². The molecule has 22 heavy (non-hydrogen) atoms. The fourth-order valence-electron chi connectivity index (χ4n) is 2.66. The summed E-state index contributed by atoms with van der Waals surface area (Å²) in [6, 6.07) is 10.1. The third-order valence-electron chi connectivity index (χ3n) is 3.89. The van der Waals surface area contributed by atoms with Gasteiger partial charge in [-0.3, -0.25) is 14.7 Å². The summed E-state index contributed by atoms with van der Waals surface area (Å²) in [5.41, 5.74) is 1.32. The largest absolute Gasteiger partial charge is 0.336 e. The number of hydrogen-bond acceptors (Lipinski definition) is 3. The van der Waals surface area contributed by atoms with Gasteiger partial charge in [0.2, 0.25) is 0 Å². The third kappa shape index (κ3) is 3.31. The summed E-state index contributed by atoms with van der Waals surface area (Å²) in [5.74, 6) is -0.676. The SMILES string of the molecule is O=C(c1ccccc1F)N1CCN(Cc2cccnc2)CC1. The number of carbonyl (C=O) groups excluding carboxylic acids is 1. The molecule has 0 aliphatic carbocycles. The first-order chi connectivity index (χ1) is 10.7. The maximum atomic E-state index is 13.7. The molecule has 0 spiro atoms. The van der Waals surface area contributed by atoms with Crippen molar-refractivity contribution in [3.05, 3.63) is 65.7 Å². The summed E-state index contributed by atoms with van der Waals surface area (Å²) in [5, 5.41) is 0. The molecule has 1 aromatic heterocycles. The molecule has 1 amide bonds. The fourth-order valence-corrected chi connectivity index (χ4v) is 2.66. The number of halogens is 1. The van der Waals surface area contributed by atoms with Crippen molar-refractivity contribution in [2.45, 2.75) is 6.54 Å². The number of nitrogens with zero attached hydrogens (tertiary/aromatic N) is 3. The van der Waals surface area contributed by atoms with Crippen molar-refractivity contribution < 1.29 is 9.18 Å². The highest BCUT2D eigenvalue weighted by atomic mass is 19.1. The highest BCUT2D eigenvalue weighted by Crippen LogP contribution is 2.13. The smallest absolute Gasteiger partial charge is 0.256 e. The molecule has 0 atom stereocenters. The average Bonchev–Trinajstić information content (AvgIpc) is 2.56. The van der Waals surface area contributed by atoms with Gasteiger partial charge in [0.05, 0.1) is 5.56 Å². The molecule has 0 saturated carbocycles. The van der Waals surface area contributed by atoms with Crippen LogP contribution in [0.15, 0.2) is 48.8 Å². The molecular formula is C17H18FN3O. The van der Waals surface area contributed by atoms with E-state index in [9.17, 15) is 9.18 Å². The molecule has 5 heteroatoms. The molecule has 0 bridgehead atoms. The molecule has 3 rings (SSSR count). The first kappa shape index (κ1) is 14.7.